The number of benzene rings is 3. The Bertz CT molecular complexity index is 1560. The third-order valence-corrected chi connectivity index (χ3v) is 9.47. The van der Waals surface area contributed by atoms with Crippen LogP contribution in [0, 0.1) is 33.6 Å². The van der Waals surface area contributed by atoms with Crippen LogP contribution in [0.2, 0.25) is 0 Å². The zero-order chi connectivity index (χ0) is 30.2. The summed E-state index contributed by atoms with van der Waals surface area (Å²) in [7, 11) is 0. The predicted octanol–water partition coefficient (Wildman–Crippen LogP) is 8.17. The molecule has 0 radical (unpaired) electrons. The van der Waals surface area contributed by atoms with Crippen LogP contribution in [0.3, 0.4) is 0 Å². The van der Waals surface area contributed by atoms with E-state index in [2.05, 4.69) is 97.1 Å². The number of carbonyl (C=O) groups excluding carboxylic acids is 1. The van der Waals surface area contributed by atoms with Crippen LogP contribution >= 0.6 is 0 Å². The van der Waals surface area contributed by atoms with Gasteiger partial charge in [0.15, 0.2) is 5.78 Å². The number of para-hydroxylation sites is 1. The number of aliphatic hydroxyl groups excluding tert-OH is 1. The second kappa shape index (κ2) is 9.87. The summed E-state index contributed by atoms with van der Waals surface area (Å²) in [5.41, 5.74) is 11.6. The van der Waals surface area contributed by atoms with Crippen molar-refractivity contribution in [2.24, 2.45) is 5.92 Å². The SMILES string of the molecule is Cc1c(C)c(C)c2c(c1C)C(=O)C(C1C=Cc3cccc(Cc4cc(C(C)(C)C)c(O)c(C(C)(C)C)c4)c3N1)C2O. The van der Waals surface area contributed by atoms with Crippen LogP contribution < -0.4 is 5.32 Å². The number of phenolic OH excluding ortho intramolecular Hbond substituents is 1. The van der Waals surface area contributed by atoms with Gasteiger partial charge in [0.2, 0.25) is 0 Å². The molecule has 5 rings (SSSR count). The molecule has 0 aromatic heterocycles. The number of rotatable bonds is 3. The molecule has 4 heteroatoms. The molecule has 0 fully saturated rings. The molecule has 4 nitrogen and oxygen atoms in total. The molecule has 2 aliphatic rings. The van der Waals surface area contributed by atoms with Crippen LogP contribution in [0.1, 0.15) is 114 Å². The van der Waals surface area contributed by atoms with Crippen LogP contribution in [0.15, 0.2) is 36.4 Å². The van der Waals surface area contributed by atoms with Crippen molar-refractivity contribution in [3.05, 3.63) is 97.6 Å². The van der Waals surface area contributed by atoms with Gasteiger partial charge in [-0.2, -0.15) is 0 Å². The highest BCUT2D eigenvalue weighted by Crippen LogP contribution is 2.46. The molecule has 0 amide bonds. The number of hydrogen-bond acceptors (Lipinski definition) is 4. The number of Topliss-reactive ketones (excluding diaryl/α,β-unsaturated/α-hetero) is 1. The van der Waals surface area contributed by atoms with Gasteiger partial charge in [-0.25, -0.2) is 0 Å². The number of carbonyl (C=O) groups is 1. The van der Waals surface area contributed by atoms with Crippen molar-refractivity contribution < 1.29 is 15.0 Å². The number of phenols is 1. The van der Waals surface area contributed by atoms with Gasteiger partial charge in [0.25, 0.3) is 0 Å². The fourth-order valence-electron chi connectivity index (χ4n) is 6.75. The summed E-state index contributed by atoms with van der Waals surface area (Å²) in [6.07, 6.45) is 3.94. The number of ketones is 1. The molecule has 41 heavy (non-hydrogen) atoms. The lowest BCUT2D eigenvalue weighted by Crippen LogP contribution is -2.35. The van der Waals surface area contributed by atoms with E-state index in [-0.39, 0.29) is 22.7 Å². The fourth-order valence-corrected chi connectivity index (χ4v) is 6.75. The lowest BCUT2D eigenvalue weighted by atomic mass is 9.77. The normalized spacial score (nSPS) is 20.2. The maximum atomic E-state index is 13.9. The zero-order valence-electron chi connectivity index (χ0n) is 26.3. The number of aromatic hydroxyl groups is 1. The second-order valence-corrected chi connectivity index (χ2v) is 14.3. The smallest absolute Gasteiger partial charge is 0.171 e. The topological polar surface area (TPSA) is 69.6 Å². The van der Waals surface area contributed by atoms with Crippen molar-refractivity contribution in [1.82, 2.24) is 0 Å². The third-order valence-electron chi connectivity index (χ3n) is 9.47. The van der Waals surface area contributed by atoms with Crippen LogP contribution in [0.4, 0.5) is 5.69 Å². The molecule has 216 valence electrons. The third kappa shape index (κ3) is 4.80. The molecule has 3 aromatic rings. The Morgan fingerprint density at radius 1 is 0.854 bits per heavy atom. The Hall–Kier alpha value is -3.37. The van der Waals surface area contributed by atoms with E-state index in [4.69, 9.17) is 0 Å². The van der Waals surface area contributed by atoms with E-state index >= 15 is 0 Å². The fraction of sp³-hybridized carbons (Fsp3) is 0.432. The Labute approximate surface area is 245 Å². The second-order valence-electron chi connectivity index (χ2n) is 14.3. The molecule has 3 aromatic carbocycles. The Morgan fingerprint density at radius 2 is 1.44 bits per heavy atom. The Kier molecular flexibility index (Phi) is 7.02. The van der Waals surface area contributed by atoms with Crippen molar-refractivity contribution in [3.8, 4) is 5.75 Å². The quantitative estimate of drug-likeness (QED) is 0.307. The largest absolute Gasteiger partial charge is 0.507 e. The molecule has 3 unspecified atom stereocenters. The van der Waals surface area contributed by atoms with E-state index in [0.29, 0.717) is 17.7 Å². The first-order valence-electron chi connectivity index (χ1n) is 14.8. The summed E-state index contributed by atoms with van der Waals surface area (Å²) in [5, 5.41) is 26.5. The van der Waals surface area contributed by atoms with Gasteiger partial charge in [-0.15, -0.1) is 0 Å². The molecule has 3 N–H and O–H groups in total. The van der Waals surface area contributed by atoms with Crippen LogP contribution in [-0.4, -0.2) is 22.0 Å². The van der Waals surface area contributed by atoms with E-state index in [9.17, 15) is 15.0 Å². The van der Waals surface area contributed by atoms with Crippen molar-refractivity contribution >= 4 is 17.5 Å². The molecule has 0 saturated carbocycles. The van der Waals surface area contributed by atoms with Gasteiger partial charge in [-0.1, -0.05) is 84.0 Å². The van der Waals surface area contributed by atoms with Gasteiger partial charge in [0.1, 0.15) is 5.75 Å². The van der Waals surface area contributed by atoms with Crippen LogP contribution in [-0.2, 0) is 17.3 Å². The molecule has 1 aliphatic carbocycles. The first kappa shape index (κ1) is 29.1. The van der Waals surface area contributed by atoms with E-state index in [1.807, 2.05) is 19.9 Å². The summed E-state index contributed by atoms with van der Waals surface area (Å²) in [6, 6.07) is 10.2. The molecule has 1 heterocycles. The molecule has 1 aliphatic heterocycles. The molecular weight excluding hydrogens is 506 g/mol. The summed E-state index contributed by atoms with van der Waals surface area (Å²) in [5.74, 6) is -0.188. The maximum absolute atomic E-state index is 13.9. The Balaban J connectivity index is 1.53. The lowest BCUT2D eigenvalue weighted by molar-refractivity contribution is 0.0743. The molecule has 0 saturated heterocycles. The zero-order valence-corrected chi connectivity index (χ0v) is 26.3. The standard InChI is InChI=1S/C37H45NO3/c1-19-20(2)22(4)30-29(21(19)3)34(40)31(35(30)41)28-15-14-24-12-11-13-25(32(24)38-28)16-23-17-26(36(5,6)7)33(39)27(18-23)37(8,9)10/h11-15,17-18,28,31,34,38-40H,16H2,1-10H3. The van der Waals surface area contributed by atoms with E-state index < -0.39 is 12.0 Å². The van der Waals surface area contributed by atoms with Crippen molar-refractivity contribution in [2.45, 2.75) is 98.6 Å². The number of anilines is 1. The summed E-state index contributed by atoms with van der Waals surface area (Å²) >= 11 is 0. The van der Waals surface area contributed by atoms with E-state index in [0.717, 1.165) is 61.3 Å². The van der Waals surface area contributed by atoms with Gasteiger partial charge < -0.3 is 15.5 Å². The summed E-state index contributed by atoms with van der Waals surface area (Å²) < 4.78 is 0. The van der Waals surface area contributed by atoms with Crippen LogP contribution in [0.25, 0.3) is 6.08 Å². The summed E-state index contributed by atoms with van der Waals surface area (Å²) in [6.45, 7) is 21.0. The lowest BCUT2D eigenvalue weighted by Gasteiger charge is -2.31. The average molecular weight is 552 g/mol. The minimum atomic E-state index is -0.854. The van der Waals surface area contributed by atoms with Crippen LogP contribution in [0.5, 0.6) is 5.75 Å². The average Bonchev–Trinajstić information content (AvgIpc) is 3.15. The minimum Gasteiger partial charge on any atom is -0.507 e. The predicted molar refractivity (Wildman–Crippen MR) is 169 cm³/mol. The number of fused-ring (bicyclic) bond motifs is 2. The maximum Gasteiger partial charge on any atom is 0.171 e. The van der Waals surface area contributed by atoms with Gasteiger partial charge in [0, 0.05) is 11.3 Å². The van der Waals surface area contributed by atoms with Crippen molar-refractivity contribution in [2.75, 3.05) is 5.32 Å². The van der Waals surface area contributed by atoms with Gasteiger partial charge in [0.05, 0.1) is 18.1 Å². The molecule has 0 bridgehead atoms. The monoisotopic (exact) mass is 551 g/mol. The first-order chi connectivity index (χ1) is 19.0. The highest BCUT2D eigenvalue weighted by atomic mass is 16.3. The molecule has 3 atom stereocenters. The van der Waals surface area contributed by atoms with Gasteiger partial charge in [-0.05, 0) is 101 Å². The van der Waals surface area contributed by atoms with E-state index in [1.54, 1.807) is 0 Å². The van der Waals surface area contributed by atoms with E-state index in [1.165, 1.54) is 0 Å². The number of nitrogens with one attached hydrogen (secondary N) is 1. The highest BCUT2D eigenvalue weighted by molar-refractivity contribution is 6.06. The van der Waals surface area contributed by atoms with Gasteiger partial charge in [-0.3, -0.25) is 4.79 Å². The number of hydrogen-bond donors (Lipinski definition) is 3. The number of aliphatic hydroxyl groups is 1. The molecule has 0 spiro atoms. The first-order valence-corrected chi connectivity index (χ1v) is 14.8. The minimum absolute atomic E-state index is 0.0162. The summed E-state index contributed by atoms with van der Waals surface area (Å²) in [4.78, 5) is 13.9. The van der Waals surface area contributed by atoms with Crippen molar-refractivity contribution in [1.29, 1.82) is 0 Å². The molecular formula is C37H45NO3. The van der Waals surface area contributed by atoms with Gasteiger partial charge >= 0.3 is 0 Å². The van der Waals surface area contributed by atoms with Crippen molar-refractivity contribution in [3.63, 3.8) is 0 Å². The highest BCUT2D eigenvalue weighted by Gasteiger charge is 2.46. The Morgan fingerprint density at radius 3 is 2.02 bits per heavy atom.